The smallest absolute Gasteiger partial charge is 0.103 e. The predicted octanol–water partition coefficient (Wildman–Crippen LogP) is 3.88. The van der Waals surface area contributed by atoms with Gasteiger partial charge in [-0.25, -0.2) is 0 Å². The van der Waals surface area contributed by atoms with Crippen LogP contribution in [0.5, 0.6) is 0 Å². The average Bonchev–Trinajstić information content (AvgIpc) is 2.47. The molecule has 0 saturated heterocycles. The highest BCUT2D eigenvalue weighted by atomic mass is 15.1. The molecule has 3 nitrogen and oxygen atoms in total. The molecule has 1 aromatic heterocycles. The summed E-state index contributed by atoms with van der Waals surface area (Å²) in [6.45, 7) is 8.17. The first-order chi connectivity index (χ1) is 10.1. The highest BCUT2D eigenvalue weighted by Gasteiger charge is 2.18. The van der Waals surface area contributed by atoms with Gasteiger partial charge in [0.05, 0.1) is 16.8 Å². The van der Waals surface area contributed by atoms with E-state index in [9.17, 15) is 5.26 Å². The summed E-state index contributed by atoms with van der Waals surface area (Å²) >= 11 is 0. The van der Waals surface area contributed by atoms with Crippen LogP contribution in [0.1, 0.15) is 30.0 Å². The van der Waals surface area contributed by atoms with Crippen LogP contribution < -0.4 is 4.90 Å². The molecule has 2 heterocycles. The van der Waals surface area contributed by atoms with Gasteiger partial charge in [-0.3, -0.25) is 4.98 Å². The summed E-state index contributed by atoms with van der Waals surface area (Å²) in [5.74, 6) is 0. The maximum atomic E-state index is 9.47. The number of fused-ring (bicyclic) bond motifs is 1. The second kappa shape index (κ2) is 5.21. The van der Waals surface area contributed by atoms with Gasteiger partial charge in [-0.2, -0.15) is 5.26 Å². The number of hydrogen-bond acceptors (Lipinski definition) is 3. The molecule has 3 rings (SSSR count). The minimum atomic E-state index is 0.667. The molecule has 1 aliphatic heterocycles. The Labute approximate surface area is 125 Å². The van der Waals surface area contributed by atoms with Crippen molar-refractivity contribution in [3.05, 3.63) is 46.7 Å². The Morgan fingerprint density at radius 3 is 2.71 bits per heavy atom. The molecular weight excluding hydrogens is 258 g/mol. The normalized spacial score (nSPS) is 15.0. The van der Waals surface area contributed by atoms with Gasteiger partial charge in [0.1, 0.15) is 6.07 Å². The average molecular weight is 277 g/mol. The Bertz CT molecular complexity index is 781. The highest BCUT2D eigenvalue weighted by Crippen LogP contribution is 2.33. The lowest BCUT2D eigenvalue weighted by molar-refractivity contribution is 0.789. The molecule has 0 spiro atoms. The fourth-order valence-electron chi connectivity index (χ4n) is 3.04. The summed E-state index contributed by atoms with van der Waals surface area (Å²) in [6, 6.07) is 6.60. The van der Waals surface area contributed by atoms with Crippen molar-refractivity contribution in [3.8, 4) is 6.07 Å². The molecule has 0 amide bonds. The third-order valence-electron chi connectivity index (χ3n) is 4.15. The second-order valence-electron chi connectivity index (χ2n) is 5.86. The van der Waals surface area contributed by atoms with E-state index in [1.807, 2.05) is 0 Å². The van der Waals surface area contributed by atoms with Crippen molar-refractivity contribution in [2.75, 3.05) is 18.0 Å². The molecule has 0 aliphatic carbocycles. The van der Waals surface area contributed by atoms with Crippen molar-refractivity contribution >= 4 is 16.6 Å². The molecule has 0 atom stereocenters. The van der Waals surface area contributed by atoms with Crippen molar-refractivity contribution < 1.29 is 0 Å². The van der Waals surface area contributed by atoms with E-state index in [0.29, 0.717) is 5.56 Å². The highest BCUT2D eigenvalue weighted by molar-refractivity contribution is 5.96. The van der Waals surface area contributed by atoms with E-state index < -0.39 is 0 Å². The minimum Gasteiger partial charge on any atom is -0.366 e. The molecule has 1 aliphatic rings. The molecule has 3 heteroatoms. The van der Waals surface area contributed by atoms with E-state index in [-0.39, 0.29) is 0 Å². The molecule has 0 radical (unpaired) electrons. The standard InChI is InChI=1S/C18H19N3/c1-12-4-6-21(7-5-12)18-15(10-19)11-20-17-14(3)8-13(2)9-16(17)18/h4,8-9,11H,5-7H2,1-3H3. The number of benzene rings is 1. The van der Waals surface area contributed by atoms with Gasteiger partial charge in [-0.15, -0.1) is 0 Å². The van der Waals surface area contributed by atoms with Crippen molar-refractivity contribution in [1.29, 1.82) is 5.26 Å². The maximum Gasteiger partial charge on any atom is 0.103 e. The van der Waals surface area contributed by atoms with E-state index in [2.05, 4.69) is 54.9 Å². The van der Waals surface area contributed by atoms with Crippen LogP contribution >= 0.6 is 0 Å². The molecule has 0 bridgehead atoms. The fraction of sp³-hybridized carbons (Fsp3) is 0.333. The summed E-state index contributed by atoms with van der Waals surface area (Å²) in [4.78, 5) is 6.80. The van der Waals surface area contributed by atoms with Crippen LogP contribution in [0.25, 0.3) is 10.9 Å². The molecule has 1 aromatic carbocycles. The fourth-order valence-corrected chi connectivity index (χ4v) is 3.04. The number of aromatic nitrogens is 1. The lowest BCUT2D eigenvalue weighted by Gasteiger charge is -2.29. The number of pyridine rings is 1. The third-order valence-corrected chi connectivity index (χ3v) is 4.15. The van der Waals surface area contributed by atoms with Crippen molar-refractivity contribution in [2.24, 2.45) is 0 Å². The zero-order chi connectivity index (χ0) is 15.0. The third kappa shape index (κ3) is 2.38. The SMILES string of the molecule is CC1=CCN(c2c(C#N)cnc3c(C)cc(C)cc23)CC1. The first kappa shape index (κ1) is 13.6. The van der Waals surface area contributed by atoms with Crippen LogP contribution in [-0.2, 0) is 0 Å². The van der Waals surface area contributed by atoms with Crippen LogP contribution in [0.4, 0.5) is 5.69 Å². The number of nitrogens with zero attached hydrogens (tertiary/aromatic N) is 3. The van der Waals surface area contributed by atoms with Crippen molar-refractivity contribution in [1.82, 2.24) is 4.98 Å². The molecule has 0 N–H and O–H groups in total. The van der Waals surface area contributed by atoms with Gasteiger partial charge in [0.25, 0.3) is 0 Å². The van der Waals surface area contributed by atoms with Gasteiger partial charge in [-0.05, 0) is 38.8 Å². The van der Waals surface area contributed by atoms with Crippen LogP contribution in [0.2, 0.25) is 0 Å². The molecule has 106 valence electrons. The van der Waals surface area contributed by atoms with E-state index in [1.54, 1.807) is 6.20 Å². The van der Waals surface area contributed by atoms with Gasteiger partial charge < -0.3 is 4.90 Å². The first-order valence-corrected chi connectivity index (χ1v) is 7.31. The summed E-state index contributed by atoms with van der Waals surface area (Å²) in [6.07, 6.45) is 5.02. The van der Waals surface area contributed by atoms with E-state index in [0.717, 1.165) is 36.1 Å². The Kier molecular flexibility index (Phi) is 3.39. The Balaban J connectivity index is 2.26. The molecule has 21 heavy (non-hydrogen) atoms. The maximum absolute atomic E-state index is 9.47. The first-order valence-electron chi connectivity index (χ1n) is 7.31. The largest absolute Gasteiger partial charge is 0.366 e. The van der Waals surface area contributed by atoms with Crippen molar-refractivity contribution in [2.45, 2.75) is 27.2 Å². The predicted molar refractivity (Wildman–Crippen MR) is 86.5 cm³/mol. The molecule has 2 aromatic rings. The number of nitriles is 1. The zero-order valence-corrected chi connectivity index (χ0v) is 12.8. The van der Waals surface area contributed by atoms with Crippen LogP contribution in [0, 0.1) is 25.2 Å². The van der Waals surface area contributed by atoms with Gasteiger partial charge in [0.15, 0.2) is 0 Å². The van der Waals surface area contributed by atoms with Crippen LogP contribution in [0.3, 0.4) is 0 Å². The van der Waals surface area contributed by atoms with Crippen molar-refractivity contribution in [3.63, 3.8) is 0 Å². The lowest BCUT2D eigenvalue weighted by atomic mass is 10.0. The molecule has 0 saturated carbocycles. The topological polar surface area (TPSA) is 39.9 Å². The summed E-state index contributed by atoms with van der Waals surface area (Å²) in [5.41, 5.74) is 6.51. The summed E-state index contributed by atoms with van der Waals surface area (Å²) in [5, 5.41) is 10.6. The summed E-state index contributed by atoms with van der Waals surface area (Å²) in [7, 11) is 0. The Morgan fingerprint density at radius 2 is 2.05 bits per heavy atom. The number of aryl methyl sites for hydroxylation is 2. The number of anilines is 1. The van der Waals surface area contributed by atoms with Gasteiger partial charge >= 0.3 is 0 Å². The minimum absolute atomic E-state index is 0.667. The molecule has 0 unspecified atom stereocenters. The number of hydrogen-bond donors (Lipinski definition) is 0. The van der Waals surface area contributed by atoms with E-state index in [4.69, 9.17) is 0 Å². The molecule has 0 fully saturated rings. The van der Waals surface area contributed by atoms with Gasteiger partial charge in [0, 0.05) is 24.7 Å². The Morgan fingerprint density at radius 1 is 1.24 bits per heavy atom. The summed E-state index contributed by atoms with van der Waals surface area (Å²) < 4.78 is 0. The second-order valence-corrected chi connectivity index (χ2v) is 5.86. The van der Waals surface area contributed by atoms with Gasteiger partial charge in [0.2, 0.25) is 0 Å². The quantitative estimate of drug-likeness (QED) is 0.743. The van der Waals surface area contributed by atoms with E-state index >= 15 is 0 Å². The van der Waals surface area contributed by atoms with Crippen LogP contribution in [0.15, 0.2) is 30.0 Å². The van der Waals surface area contributed by atoms with E-state index in [1.165, 1.54) is 16.7 Å². The lowest BCUT2D eigenvalue weighted by Crippen LogP contribution is -2.29. The monoisotopic (exact) mass is 277 g/mol. The Hall–Kier alpha value is -2.34. The number of rotatable bonds is 1. The molecular formula is C18H19N3. The zero-order valence-electron chi connectivity index (χ0n) is 12.8. The van der Waals surface area contributed by atoms with Gasteiger partial charge in [-0.1, -0.05) is 23.3 Å². The van der Waals surface area contributed by atoms with Crippen LogP contribution in [-0.4, -0.2) is 18.1 Å².